The Morgan fingerprint density at radius 1 is 0.939 bits per heavy atom. The van der Waals surface area contributed by atoms with Crippen molar-refractivity contribution in [3.05, 3.63) is 95.3 Å². The minimum Gasteiger partial charge on any atom is -0.348 e. The van der Waals surface area contributed by atoms with Crippen LogP contribution in [0.2, 0.25) is 0 Å². The van der Waals surface area contributed by atoms with E-state index < -0.39 is 18.0 Å². The molecule has 0 radical (unpaired) electrons. The van der Waals surface area contributed by atoms with E-state index in [1.807, 2.05) is 24.3 Å². The molecular weight excluding hydrogens is 432 g/mol. The number of ether oxygens (including phenoxy) is 2. The number of fused-ring (bicyclic) bond motifs is 1. The van der Waals surface area contributed by atoms with Gasteiger partial charge in [-0.15, -0.1) is 6.58 Å². The van der Waals surface area contributed by atoms with Crippen LogP contribution in [0.4, 0.5) is 17.6 Å². The van der Waals surface area contributed by atoms with Crippen molar-refractivity contribution in [1.29, 1.82) is 0 Å². The van der Waals surface area contributed by atoms with Gasteiger partial charge in [-0.25, -0.2) is 4.39 Å². The molecule has 6 heteroatoms. The summed E-state index contributed by atoms with van der Waals surface area (Å²) in [5.74, 6) is 0.0466. The highest BCUT2D eigenvalue weighted by molar-refractivity contribution is 5.84. The van der Waals surface area contributed by atoms with E-state index in [1.54, 1.807) is 12.1 Å². The number of allylic oxidation sites excluding steroid dienone is 1. The Morgan fingerprint density at radius 2 is 1.67 bits per heavy atom. The second kappa shape index (κ2) is 10.1. The van der Waals surface area contributed by atoms with Crippen LogP contribution >= 0.6 is 0 Å². The Bertz CT molecular complexity index is 1100. The maximum atomic E-state index is 15.1. The quantitative estimate of drug-likeness (QED) is 0.271. The summed E-state index contributed by atoms with van der Waals surface area (Å²) >= 11 is 0. The zero-order valence-electron chi connectivity index (χ0n) is 18.2. The van der Waals surface area contributed by atoms with Gasteiger partial charge in [-0.05, 0) is 60.4 Å². The number of alkyl halides is 3. The van der Waals surface area contributed by atoms with Crippen LogP contribution in [0, 0.1) is 11.7 Å². The van der Waals surface area contributed by atoms with Gasteiger partial charge in [0.15, 0.2) is 6.29 Å². The van der Waals surface area contributed by atoms with Gasteiger partial charge < -0.3 is 9.47 Å². The SMILES string of the molecule is C=CCCC1COC(c2ccc3c(F)c(CCc4ccc(C(F)(F)F)cc4)ccc3c2)OC1. The largest absolute Gasteiger partial charge is 0.416 e. The highest BCUT2D eigenvalue weighted by Crippen LogP contribution is 2.31. The van der Waals surface area contributed by atoms with Crippen molar-refractivity contribution in [2.24, 2.45) is 5.92 Å². The topological polar surface area (TPSA) is 18.5 Å². The molecule has 3 aromatic carbocycles. The standard InChI is InChI=1S/C27H26F4O2/c1-2-3-4-19-16-32-26(33-17-19)22-11-14-24-21(15-22)10-9-20(25(24)28)8-5-18-6-12-23(13-7-18)27(29,30)31/h2,6-7,9-15,19,26H,1,3-5,8,16-17H2. The smallest absolute Gasteiger partial charge is 0.348 e. The first-order chi connectivity index (χ1) is 15.8. The van der Waals surface area contributed by atoms with Crippen LogP contribution in [0.1, 0.15) is 41.4 Å². The lowest BCUT2D eigenvalue weighted by Gasteiger charge is -2.29. The summed E-state index contributed by atoms with van der Waals surface area (Å²) in [6.45, 7) is 4.98. The molecular formula is C27H26F4O2. The van der Waals surface area contributed by atoms with Crippen LogP contribution < -0.4 is 0 Å². The molecule has 1 fully saturated rings. The van der Waals surface area contributed by atoms with Gasteiger partial charge in [-0.3, -0.25) is 0 Å². The maximum absolute atomic E-state index is 15.1. The number of hydrogen-bond acceptors (Lipinski definition) is 2. The molecule has 0 N–H and O–H groups in total. The Kier molecular flexibility index (Phi) is 7.15. The number of hydrogen-bond donors (Lipinski definition) is 0. The molecule has 2 nitrogen and oxygen atoms in total. The molecule has 1 aliphatic heterocycles. The number of halogens is 4. The molecule has 174 valence electrons. The molecule has 3 aromatic rings. The highest BCUT2D eigenvalue weighted by Gasteiger charge is 2.30. The van der Waals surface area contributed by atoms with E-state index in [9.17, 15) is 13.2 Å². The number of aryl methyl sites for hydroxylation is 2. The molecule has 0 saturated carbocycles. The highest BCUT2D eigenvalue weighted by atomic mass is 19.4. The fourth-order valence-corrected chi connectivity index (χ4v) is 4.09. The van der Waals surface area contributed by atoms with E-state index >= 15 is 4.39 Å². The Morgan fingerprint density at radius 3 is 2.33 bits per heavy atom. The van der Waals surface area contributed by atoms with Crippen LogP contribution in [0.5, 0.6) is 0 Å². The van der Waals surface area contributed by atoms with E-state index in [4.69, 9.17) is 9.47 Å². The van der Waals surface area contributed by atoms with Crippen molar-refractivity contribution in [3.63, 3.8) is 0 Å². The summed E-state index contributed by atoms with van der Waals surface area (Å²) in [6, 6.07) is 14.0. The molecule has 0 unspecified atom stereocenters. The predicted molar refractivity (Wildman–Crippen MR) is 120 cm³/mol. The third-order valence-corrected chi connectivity index (χ3v) is 6.04. The van der Waals surface area contributed by atoms with Crippen LogP contribution in [-0.2, 0) is 28.5 Å². The Labute approximate surface area is 190 Å². The minimum absolute atomic E-state index is 0.305. The molecule has 1 saturated heterocycles. The number of benzene rings is 3. The van der Waals surface area contributed by atoms with Crippen LogP contribution in [0.25, 0.3) is 10.8 Å². The van der Waals surface area contributed by atoms with Crippen molar-refractivity contribution in [2.75, 3.05) is 13.2 Å². The first-order valence-electron chi connectivity index (χ1n) is 11.1. The van der Waals surface area contributed by atoms with Gasteiger partial charge in [-0.2, -0.15) is 13.2 Å². The molecule has 0 aliphatic carbocycles. The summed E-state index contributed by atoms with van der Waals surface area (Å²) in [5, 5.41) is 1.26. The second-order valence-corrected chi connectivity index (χ2v) is 8.44. The Balaban J connectivity index is 1.42. The van der Waals surface area contributed by atoms with Crippen LogP contribution in [0.3, 0.4) is 0 Å². The molecule has 0 atom stereocenters. The lowest BCUT2D eigenvalue weighted by molar-refractivity contribution is -0.205. The molecule has 0 amide bonds. The van der Waals surface area contributed by atoms with Crippen molar-refractivity contribution in [1.82, 2.24) is 0 Å². The normalized spacial score (nSPS) is 19.0. The van der Waals surface area contributed by atoms with Gasteiger partial charge in [0, 0.05) is 16.9 Å². The fraction of sp³-hybridized carbons (Fsp3) is 0.333. The predicted octanol–water partition coefficient (Wildman–Crippen LogP) is 7.41. The van der Waals surface area contributed by atoms with Crippen molar-refractivity contribution >= 4 is 10.8 Å². The summed E-state index contributed by atoms with van der Waals surface area (Å²) in [7, 11) is 0. The van der Waals surface area contributed by atoms with Gasteiger partial charge in [0.05, 0.1) is 18.8 Å². The van der Waals surface area contributed by atoms with Crippen molar-refractivity contribution in [3.8, 4) is 0 Å². The first kappa shape index (κ1) is 23.5. The average Bonchev–Trinajstić information content (AvgIpc) is 2.82. The minimum atomic E-state index is -4.36. The summed E-state index contributed by atoms with van der Waals surface area (Å²) in [6.07, 6.45) is -0.167. The zero-order chi connectivity index (χ0) is 23.4. The first-order valence-corrected chi connectivity index (χ1v) is 11.1. The average molecular weight is 458 g/mol. The van der Waals surface area contributed by atoms with E-state index in [1.165, 1.54) is 12.1 Å². The van der Waals surface area contributed by atoms with E-state index in [0.29, 0.717) is 42.9 Å². The molecule has 33 heavy (non-hydrogen) atoms. The third-order valence-electron chi connectivity index (χ3n) is 6.04. The Hall–Kier alpha value is -2.70. The molecule has 0 aromatic heterocycles. The van der Waals surface area contributed by atoms with Crippen LogP contribution in [-0.4, -0.2) is 13.2 Å². The van der Waals surface area contributed by atoms with E-state index in [2.05, 4.69) is 6.58 Å². The summed E-state index contributed by atoms with van der Waals surface area (Å²) in [5.41, 5.74) is 1.43. The second-order valence-electron chi connectivity index (χ2n) is 8.44. The van der Waals surface area contributed by atoms with Gasteiger partial charge >= 0.3 is 6.18 Å². The summed E-state index contributed by atoms with van der Waals surface area (Å²) in [4.78, 5) is 0. The van der Waals surface area contributed by atoms with Gasteiger partial charge in [-0.1, -0.05) is 42.5 Å². The molecule has 0 bridgehead atoms. The van der Waals surface area contributed by atoms with Crippen molar-refractivity contribution in [2.45, 2.75) is 38.1 Å². The molecule has 1 heterocycles. The molecule has 4 rings (SSSR count). The van der Waals surface area contributed by atoms with Gasteiger partial charge in [0.25, 0.3) is 0 Å². The fourth-order valence-electron chi connectivity index (χ4n) is 4.09. The van der Waals surface area contributed by atoms with E-state index in [-0.39, 0.29) is 5.82 Å². The summed E-state index contributed by atoms with van der Waals surface area (Å²) < 4.78 is 65.0. The lowest BCUT2D eigenvalue weighted by Crippen LogP contribution is -2.27. The number of rotatable bonds is 7. The van der Waals surface area contributed by atoms with Gasteiger partial charge in [0.1, 0.15) is 5.82 Å². The zero-order valence-corrected chi connectivity index (χ0v) is 18.2. The lowest BCUT2D eigenvalue weighted by atomic mass is 9.98. The van der Waals surface area contributed by atoms with Gasteiger partial charge in [0.2, 0.25) is 0 Å². The third kappa shape index (κ3) is 5.63. The van der Waals surface area contributed by atoms with Crippen LogP contribution in [0.15, 0.2) is 67.3 Å². The molecule has 1 aliphatic rings. The van der Waals surface area contributed by atoms with Crippen molar-refractivity contribution < 1.29 is 27.0 Å². The molecule has 0 spiro atoms. The maximum Gasteiger partial charge on any atom is 0.416 e. The monoisotopic (exact) mass is 458 g/mol. The van der Waals surface area contributed by atoms with E-state index in [0.717, 1.165) is 41.5 Å².